The first-order valence-corrected chi connectivity index (χ1v) is 5.08. The molecule has 0 bridgehead atoms. The van der Waals surface area contributed by atoms with Crippen molar-refractivity contribution in [3.63, 3.8) is 0 Å². The van der Waals surface area contributed by atoms with Crippen LogP contribution in [0.5, 0.6) is 5.75 Å². The second-order valence-electron chi connectivity index (χ2n) is 2.86. The molecule has 3 nitrogen and oxygen atoms in total. The molecular formula is C10H12BrNO2. The number of nitrogens with two attached hydrogens (primary N) is 1. The maximum Gasteiger partial charge on any atom is 0.161 e. The summed E-state index contributed by atoms with van der Waals surface area (Å²) in [5, 5.41) is 0. The van der Waals surface area contributed by atoms with E-state index in [1.54, 1.807) is 12.1 Å². The van der Waals surface area contributed by atoms with Crippen LogP contribution in [0.2, 0.25) is 0 Å². The number of carbonyl (C=O) groups excluding carboxylic acids is 1. The lowest BCUT2D eigenvalue weighted by Gasteiger charge is -2.09. The Hall–Kier alpha value is -1.03. The maximum absolute atomic E-state index is 11.2. The van der Waals surface area contributed by atoms with E-state index in [-0.39, 0.29) is 5.78 Å². The largest absolute Gasteiger partial charge is 0.492 e. The fraction of sp³-hybridized carbons (Fsp3) is 0.300. The minimum absolute atomic E-state index is 0.0159. The zero-order chi connectivity index (χ0) is 10.7. The van der Waals surface area contributed by atoms with Gasteiger partial charge >= 0.3 is 0 Å². The summed E-state index contributed by atoms with van der Waals surface area (Å²) in [6.45, 7) is 3.91. The summed E-state index contributed by atoms with van der Waals surface area (Å²) in [6, 6.07) is 3.34. The average Bonchev–Trinajstić information content (AvgIpc) is 2.09. The smallest absolute Gasteiger partial charge is 0.161 e. The number of carbonyl (C=O) groups is 1. The summed E-state index contributed by atoms with van der Waals surface area (Å²) in [7, 11) is 0. The Morgan fingerprint density at radius 1 is 1.57 bits per heavy atom. The summed E-state index contributed by atoms with van der Waals surface area (Å²) < 4.78 is 5.98. The fourth-order valence-electron chi connectivity index (χ4n) is 1.12. The molecule has 0 aliphatic heterocycles. The number of Topliss-reactive ketones (excluding diaryl/α,β-unsaturated/α-hetero) is 1. The van der Waals surface area contributed by atoms with E-state index in [1.165, 1.54) is 6.92 Å². The van der Waals surface area contributed by atoms with Crippen LogP contribution in [-0.4, -0.2) is 12.4 Å². The number of hydrogen-bond acceptors (Lipinski definition) is 3. The van der Waals surface area contributed by atoms with Crippen LogP contribution in [-0.2, 0) is 0 Å². The number of halogens is 1. The van der Waals surface area contributed by atoms with E-state index in [0.29, 0.717) is 28.1 Å². The predicted molar refractivity (Wildman–Crippen MR) is 59.7 cm³/mol. The lowest BCUT2D eigenvalue weighted by Crippen LogP contribution is -2.01. The summed E-state index contributed by atoms with van der Waals surface area (Å²) >= 11 is 3.28. The van der Waals surface area contributed by atoms with Crippen LogP contribution in [0.1, 0.15) is 24.2 Å². The standard InChI is InChI=1S/C10H12BrNO2/c1-3-14-10-4-7(6(2)13)8(11)5-9(10)12/h4-5H,3,12H2,1-2H3. The highest BCUT2D eigenvalue weighted by Gasteiger charge is 2.10. The topological polar surface area (TPSA) is 52.3 Å². The Morgan fingerprint density at radius 2 is 2.21 bits per heavy atom. The van der Waals surface area contributed by atoms with Gasteiger partial charge in [-0.2, -0.15) is 0 Å². The van der Waals surface area contributed by atoms with Gasteiger partial charge in [-0.15, -0.1) is 0 Å². The Labute approximate surface area is 91.4 Å². The fourth-order valence-corrected chi connectivity index (χ4v) is 1.76. The van der Waals surface area contributed by atoms with Gasteiger partial charge in [-0.1, -0.05) is 0 Å². The van der Waals surface area contributed by atoms with Gasteiger partial charge in [0.1, 0.15) is 5.75 Å². The highest BCUT2D eigenvalue weighted by molar-refractivity contribution is 9.10. The first kappa shape index (κ1) is 11.0. The molecular weight excluding hydrogens is 246 g/mol. The van der Waals surface area contributed by atoms with Gasteiger partial charge in [0.2, 0.25) is 0 Å². The normalized spacial score (nSPS) is 9.93. The first-order chi connectivity index (χ1) is 6.56. The van der Waals surface area contributed by atoms with Crippen molar-refractivity contribution in [3.8, 4) is 5.75 Å². The quantitative estimate of drug-likeness (QED) is 0.669. The van der Waals surface area contributed by atoms with Crippen LogP contribution in [0.25, 0.3) is 0 Å². The molecule has 0 aliphatic carbocycles. The van der Waals surface area contributed by atoms with Gasteiger partial charge in [0.05, 0.1) is 12.3 Å². The molecule has 0 unspecified atom stereocenters. The molecule has 0 amide bonds. The number of ketones is 1. The molecule has 0 fully saturated rings. The summed E-state index contributed by atoms with van der Waals surface area (Å²) in [5.41, 5.74) is 6.83. The number of ether oxygens (including phenoxy) is 1. The molecule has 76 valence electrons. The van der Waals surface area contributed by atoms with Crippen LogP contribution >= 0.6 is 15.9 Å². The maximum atomic E-state index is 11.2. The van der Waals surface area contributed by atoms with Crippen molar-refractivity contribution in [1.82, 2.24) is 0 Å². The second kappa shape index (κ2) is 4.46. The lowest BCUT2D eigenvalue weighted by molar-refractivity contribution is 0.101. The minimum atomic E-state index is -0.0159. The van der Waals surface area contributed by atoms with Crippen LogP contribution in [0, 0.1) is 0 Å². The second-order valence-corrected chi connectivity index (χ2v) is 3.71. The van der Waals surface area contributed by atoms with E-state index in [4.69, 9.17) is 10.5 Å². The van der Waals surface area contributed by atoms with Crippen molar-refractivity contribution in [3.05, 3.63) is 22.2 Å². The average molecular weight is 258 g/mol. The highest BCUT2D eigenvalue weighted by Crippen LogP contribution is 2.29. The van der Waals surface area contributed by atoms with E-state index in [1.807, 2.05) is 6.92 Å². The van der Waals surface area contributed by atoms with Gasteiger partial charge in [-0.3, -0.25) is 4.79 Å². The van der Waals surface area contributed by atoms with E-state index in [9.17, 15) is 4.79 Å². The lowest BCUT2D eigenvalue weighted by atomic mass is 10.1. The molecule has 0 aliphatic rings. The van der Waals surface area contributed by atoms with Crippen molar-refractivity contribution in [1.29, 1.82) is 0 Å². The highest BCUT2D eigenvalue weighted by atomic mass is 79.9. The minimum Gasteiger partial charge on any atom is -0.492 e. The monoisotopic (exact) mass is 257 g/mol. The summed E-state index contributed by atoms with van der Waals surface area (Å²) in [6.07, 6.45) is 0. The number of nitrogen functional groups attached to an aromatic ring is 1. The van der Waals surface area contributed by atoms with Crippen LogP contribution in [0.15, 0.2) is 16.6 Å². The van der Waals surface area contributed by atoms with Crippen molar-refractivity contribution < 1.29 is 9.53 Å². The van der Waals surface area contributed by atoms with E-state index < -0.39 is 0 Å². The molecule has 14 heavy (non-hydrogen) atoms. The number of anilines is 1. The predicted octanol–water partition coefficient (Wildman–Crippen LogP) is 2.63. The van der Waals surface area contributed by atoms with Gasteiger partial charge < -0.3 is 10.5 Å². The molecule has 1 rings (SSSR count). The molecule has 2 N–H and O–H groups in total. The number of rotatable bonds is 3. The summed E-state index contributed by atoms with van der Waals surface area (Å²) in [4.78, 5) is 11.2. The summed E-state index contributed by atoms with van der Waals surface area (Å²) in [5.74, 6) is 0.540. The SMILES string of the molecule is CCOc1cc(C(C)=O)c(Br)cc1N. The molecule has 0 aromatic heterocycles. The zero-order valence-electron chi connectivity index (χ0n) is 8.13. The van der Waals surface area contributed by atoms with Gasteiger partial charge in [0.25, 0.3) is 0 Å². The van der Waals surface area contributed by atoms with Crippen LogP contribution in [0.3, 0.4) is 0 Å². The van der Waals surface area contributed by atoms with Gasteiger partial charge in [0, 0.05) is 10.0 Å². The van der Waals surface area contributed by atoms with Crippen LogP contribution < -0.4 is 10.5 Å². The van der Waals surface area contributed by atoms with Crippen molar-refractivity contribution in [2.24, 2.45) is 0 Å². The molecule has 0 spiro atoms. The van der Waals surface area contributed by atoms with E-state index in [2.05, 4.69) is 15.9 Å². The van der Waals surface area contributed by atoms with Crippen molar-refractivity contribution in [2.75, 3.05) is 12.3 Å². The number of hydrogen-bond donors (Lipinski definition) is 1. The Bertz CT molecular complexity index is 363. The van der Waals surface area contributed by atoms with E-state index >= 15 is 0 Å². The Kier molecular flexibility index (Phi) is 3.52. The molecule has 1 aromatic rings. The van der Waals surface area contributed by atoms with Gasteiger partial charge in [-0.05, 0) is 41.9 Å². The van der Waals surface area contributed by atoms with Crippen molar-refractivity contribution in [2.45, 2.75) is 13.8 Å². The molecule has 0 atom stereocenters. The van der Waals surface area contributed by atoms with E-state index in [0.717, 1.165) is 0 Å². The molecule has 1 aromatic carbocycles. The first-order valence-electron chi connectivity index (χ1n) is 4.29. The van der Waals surface area contributed by atoms with Crippen LogP contribution in [0.4, 0.5) is 5.69 Å². The molecule has 4 heteroatoms. The third-order valence-corrected chi connectivity index (χ3v) is 2.43. The third kappa shape index (κ3) is 2.26. The molecule has 0 saturated heterocycles. The van der Waals surface area contributed by atoms with Gasteiger partial charge in [-0.25, -0.2) is 0 Å². The third-order valence-electron chi connectivity index (χ3n) is 1.78. The molecule has 0 radical (unpaired) electrons. The Balaban J connectivity index is 3.20. The molecule has 0 heterocycles. The van der Waals surface area contributed by atoms with Crippen molar-refractivity contribution >= 4 is 27.4 Å². The zero-order valence-corrected chi connectivity index (χ0v) is 9.72. The Morgan fingerprint density at radius 3 is 2.71 bits per heavy atom. The number of benzene rings is 1. The van der Waals surface area contributed by atoms with Gasteiger partial charge in [0.15, 0.2) is 5.78 Å². The molecule has 0 saturated carbocycles.